The Kier molecular flexibility index (Phi) is 5.78. The van der Waals surface area contributed by atoms with Crippen LogP contribution in [0.3, 0.4) is 0 Å². The molecule has 1 fully saturated rings. The summed E-state index contributed by atoms with van der Waals surface area (Å²) in [7, 11) is 0. The number of amides is 2. The van der Waals surface area contributed by atoms with Crippen molar-refractivity contribution in [2.45, 2.75) is 46.8 Å². The van der Waals surface area contributed by atoms with Crippen LogP contribution in [0.2, 0.25) is 0 Å². The Morgan fingerprint density at radius 1 is 1.31 bits per heavy atom. The molecule has 1 saturated heterocycles. The first kappa shape index (κ1) is 20.0. The van der Waals surface area contributed by atoms with Crippen molar-refractivity contribution in [2.24, 2.45) is 5.41 Å². The maximum absolute atomic E-state index is 13.5. The molecule has 1 aromatic carbocycles. The molecule has 2 atom stereocenters. The van der Waals surface area contributed by atoms with Gasteiger partial charge in [0.1, 0.15) is 11.9 Å². The molecule has 1 N–H and O–H groups in total. The van der Waals surface area contributed by atoms with Gasteiger partial charge in [-0.15, -0.1) is 0 Å². The predicted octanol–water partition coefficient (Wildman–Crippen LogP) is 4.04. The van der Waals surface area contributed by atoms with E-state index in [-0.39, 0.29) is 37.0 Å². The average Bonchev–Trinajstić information content (AvgIpc) is 2.53. The lowest BCUT2D eigenvalue weighted by molar-refractivity contribution is -0.00211. The number of hydrogen-bond donors (Lipinski definition) is 1. The third-order valence-electron chi connectivity index (χ3n) is 4.97. The van der Waals surface area contributed by atoms with Crippen molar-refractivity contribution < 1.29 is 23.8 Å². The molecule has 2 unspecified atom stereocenters. The van der Waals surface area contributed by atoms with Crippen molar-refractivity contribution in [2.75, 3.05) is 19.6 Å². The second-order valence-electron chi connectivity index (χ2n) is 7.83. The minimum atomic E-state index is -1.04. The van der Waals surface area contributed by atoms with Crippen molar-refractivity contribution >= 4 is 12.2 Å². The Bertz CT molecular complexity index is 687. The van der Waals surface area contributed by atoms with Crippen LogP contribution in [0.1, 0.15) is 44.9 Å². The van der Waals surface area contributed by atoms with E-state index < -0.39 is 18.2 Å². The monoisotopic (exact) mass is 366 g/mol. The summed E-state index contributed by atoms with van der Waals surface area (Å²) in [6.45, 7) is 10.1. The molecule has 26 heavy (non-hydrogen) atoms. The van der Waals surface area contributed by atoms with Crippen LogP contribution in [0, 0.1) is 18.2 Å². The largest absolute Gasteiger partial charge is 0.465 e. The molecule has 0 spiro atoms. The van der Waals surface area contributed by atoms with Gasteiger partial charge in [-0.2, -0.15) is 0 Å². The van der Waals surface area contributed by atoms with E-state index in [0.29, 0.717) is 5.56 Å². The van der Waals surface area contributed by atoms with E-state index in [9.17, 15) is 19.1 Å². The molecule has 0 radical (unpaired) electrons. The summed E-state index contributed by atoms with van der Waals surface area (Å²) in [6.07, 6.45) is -1.82. The van der Waals surface area contributed by atoms with Gasteiger partial charge in [-0.05, 0) is 42.5 Å². The zero-order valence-electron chi connectivity index (χ0n) is 16.0. The number of piperazine rings is 1. The van der Waals surface area contributed by atoms with E-state index in [1.54, 1.807) is 17.9 Å². The molecule has 2 amide bonds. The van der Waals surface area contributed by atoms with Crippen LogP contribution in [-0.2, 0) is 4.74 Å². The Hall–Kier alpha value is -2.31. The molecule has 1 aliphatic heterocycles. The standard InChI is InChI=1S/C19H27FN2O4/c1-12-10-14(20)6-7-15(12)16-11-21(17(23)24)8-9-22(16)18(25)26-13(2)19(3,4)5/h6-7,10,13,16H,8-9,11H2,1-5H3,(H,23,24). The number of carboxylic acid groups (broad SMARTS) is 1. The van der Waals surface area contributed by atoms with Crippen LogP contribution in [0.5, 0.6) is 0 Å². The average molecular weight is 366 g/mol. The summed E-state index contributed by atoms with van der Waals surface area (Å²) in [5, 5.41) is 9.32. The summed E-state index contributed by atoms with van der Waals surface area (Å²) in [5.74, 6) is -0.368. The number of carbonyl (C=O) groups is 2. The molecule has 7 heteroatoms. The van der Waals surface area contributed by atoms with Gasteiger partial charge in [-0.1, -0.05) is 26.8 Å². The van der Waals surface area contributed by atoms with Gasteiger partial charge < -0.3 is 14.7 Å². The van der Waals surface area contributed by atoms with Gasteiger partial charge in [-0.25, -0.2) is 14.0 Å². The van der Waals surface area contributed by atoms with E-state index in [4.69, 9.17) is 4.74 Å². The normalized spacial score (nSPS) is 19.2. The van der Waals surface area contributed by atoms with Gasteiger partial charge in [0.25, 0.3) is 0 Å². The van der Waals surface area contributed by atoms with Crippen molar-refractivity contribution in [1.82, 2.24) is 9.80 Å². The van der Waals surface area contributed by atoms with Gasteiger partial charge in [0.15, 0.2) is 0 Å². The third-order valence-corrected chi connectivity index (χ3v) is 4.97. The maximum atomic E-state index is 13.5. The summed E-state index contributed by atoms with van der Waals surface area (Å²) >= 11 is 0. The molecule has 0 aromatic heterocycles. The van der Waals surface area contributed by atoms with Crippen molar-refractivity contribution in [3.05, 3.63) is 35.1 Å². The second kappa shape index (κ2) is 7.51. The third kappa shape index (κ3) is 4.45. The summed E-state index contributed by atoms with van der Waals surface area (Å²) < 4.78 is 19.1. The van der Waals surface area contributed by atoms with Crippen LogP contribution < -0.4 is 0 Å². The van der Waals surface area contributed by atoms with E-state index >= 15 is 0 Å². The highest BCUT2D eigenvalue weighted by Gasteiger charge is 2.36. The molecule has 1 aromatic rings. The fourth-order valence-corrected chi connectivity index (χ4v) is 2.85. The minimum Gasteiger partial charge on any atom is -0.465 e. The summed E-state index contributed by atoms with van der Waals surface area (Å²) in [4.78, 5) is 27.0. The molecule has 1 aliphatic rings. The Morgan fingerprint density at radius 2 is 1.96 bits per heavy atom. The first-order valence-electron chi connectivity index (χ1n) is 8.72. The van der Waals surface area contributed by atoms with Crippen molar-refractivity contribution in [3.63, 3.8) is 0 Å². The van der Waals surface area contributed by atoms with Gasteiger partial charge in [0.05, 0.1) is 6.04 Å². The Labute approximate surface area is 153 Å². The number of rotatable bonds is 2. The number of aryl methyl sites for hydroxylation is 1. The Morgan fingerprint density at radius 3 is 2.50 bits per heavy atom. The number of hydrogen-bond acceptors (Lipinski definition) is 3. The topological polar surface area (TPSA) is 70.1 Å². The SMILES string of the molecule is Cc1cc(F)ccc1C1CN(C(=O)O)CCN1C(=O)OC(C)C(C)(C)C. The predicted molar refractivity (Wildman–Crippen MR) is 95.6 cm³/mol. The van der Waals surface area contributed by atoms with Crippen LogP contribution in [0.4, 0.5) is 14.0 Å². The fraction of sp³-hybridized carbons (Fsp3) is 0.579. The molecular formula is C19H27FN2O4. The zero-order valence-corrected chi connectivity index (χ0v) is 16.0. The minimum absolute atomic E-state index is 0.126. The van der Waals surface area contributed by atoms with Crippen molar-refractivity contribution in [1.29, 1.82) is 0 Å². The Balaban J connectivity index is 2.30. The van der Waals surface area contributed by atoms with Crippen molar-refractivity contribution in [3.8, 4) is 0 Å². The lowest BCUT2D eigenvalue weighted by Gasteiger charge is -2.41. The maximum Gasteiger partial charge on any atom is 0.410 e. The van der Waals surface area contributed by atoms with Crippen LogP contribution in [-0.4, -0.2) is 52.8 Å². The van der Waals surface area contributed by atoms with Gasteiger partial charge in [-0.3, -0.25) is 4.90 Å². The van der Waals surface area contributed by atoms with Gasteiger partial charge in [0.2, 0.25) is 0 Å². The quantitative estimate of drug-likeness (QED) is 0.857. The fourth-order valence-electron chi connectivity index (χ4n) is 2.85. The lowest BCUT2D eigenvalue weighted by Crippen LogP contribution is -2.53. The van der Waals surface area contributed by atoms with Gasteiger partial charge in [0, 0.05) is 19.6 Å². The molecule has 2 rings (SSSR count). The van der Waals surface area contributed by atoms with E-state index in [1.807, 2.05) is 27.7 Å². The highest BCUT2D eigenvalue weighted by molar-refractivity contribution is 5.70. The van der Waals surface area contributed by atoms with Gasteiger partial charge >= 0.3 is 12.2 Å². The summed E-state index contributed by atoms with van der Waals surface area (Å²) in [6, 6.07) is 3.80. The van der Waals surface area contributed by atoms with Crippen LogP contribution in [0.25, 0.3) is 0 Å². The zero-order chi connectivity index (χ0) is 19.6. The molecule has 6 nitrogen and oxygen atoms in total. The van der Waals surface area contributed by atoms with E-state index in [0.717, 1.165) is 5.56 Å². The molecule has 0 bridgehead atoms. The first-order chi connectivity index (χ1) is 12.0. The molecule has 0 aliphatic carbocycles. The van der Waals surface area contributed by atoms with Crippen LogP contribution in [0.15, 0.2) is 18.2 Å². The number of carbonyl (C=O) groups excluding carboxylic acids is 1. The smallest absolute Gasteiger partial charge is 0.410 e. The molecule has 144 valence electrons. The van der Waals surface area contributed by atoms with E-state index in [1.165, 1.54) is 17.0 Å². The first-order valence-corrected chi connectivity index (χ1v) is 8.72. The molecular weight excluding hydrogens is 339 g/mol. The number of benzene rings is 1. The highest BCUT2D eigenvalue weighted by atomic mass is 19.1. The van der Waals surface area contributed by atoms with E-state index in [2.05, 4.69) is 0 Å². The molecule has 1 heterocycles. The number of ether oxygens (including phenoxy) is 1. The highest BCUT2D eigenvalue weighted by Crippen LogP contribution is 2.30. The lowest BCUT2D eigenvalue weighted by atomic mass is 9.90. The summed E-state index contributed by atoms with van der Waals surface area (Å²) in [5.41, 5.74) is 1.18. The number of nitrogens with zero attached hydrogens (tertiary/aromatic N) is 2. The molecule has 0 saturated carbocycles. The van der Waals surface area contributed by atoms with Crippen LogP contribution >= 0.6 is 0 Å². The number of halogens is 1. The second-order valence-corrected chi connectivity index (χ2v) is 7.83.